The van der Waals surface area contributed by atoms with Crippen LogP contribution in [0.2, 0.25) is 0 Å². The minimum atomic E-state index is 0.572. The van der Waals surface area contributed by atoms with Crippen molar-refractivity contribution < 1.29 is 4.74 Å². The second-order valence-electron chi connectivity index (χ2n) is 5.56. The van der Waals surface area contributed by atoms with E-state index in [4.69, 9.17) is 4.74 Å². The number of nitrogens with zero attached hydrogens (tertiary/aromatic N) is 3. The maximum atomic E-state index is 5.29. The standard InChI is InChI=1S/C16H22N4O/c1-3-20-11-18-19-16(20)10-17-14-7-13(8-14)12-5-4-6-15(9-12)21-2/h4-6,9,11,13-14,17H,3,7-8,10H2,1-2H3. The molecule has 0 aliphatic heterocycles. The summed E-state index contributed by atoms with van der Waals surface area (Å²) in [5, 5.41) is 11.7. The quantitative estimate of drug-likeness (QED) is 0.885. The fourth-order valence-electron chi connectivity index (χ4n) is 2.87. The molecule has 1 aromatic carbocycles. The maximum absolute atomic E-state index is 5.29. The predicted molar refractivity (Wildman–Crippen MR) is 81.3 cm³/mol. The monoisotopic (exact) mass is 286 g/mol. The molecule has 1 fully saturated rings. The van der Waals surface area contributed by atoms with E-state index in [-0.39, 0.29) is 0 Å². The van der Waals surface area contributed by atoms with Crippen LogP contribution in [0.3, 0.4) is 0 Å². The van der Waals surface area contributed by atoms with Crippen molar-refractivity contribution in [3.63, 3.8) is 0 Å². The van der Waals surface area contributed by atoms with Gasteiger partial charge in [-0.1, -0.05) is 12.1 Å². The van der Waals surface area contributed by atoms with E-state index < -0.39 is 0 Å². The van der Waals surface area contributed by atoms with E-state index in [1.807, 2.05) is 6.07 Å². The van der Waals surface area contributed by atoms with Gasteiger partial charge < -0.3 is 14.6 Å². The van der Waals surface area contributed by atoms with Crippen LogP contribution in [0.4, 0.5) is 0 Å². The van der Waals surface area contributed by atoms with Crippen molar-refractivity contribution in [2.45, 2.75) is 44.8 Å². The topological polar surface area (TPSA) is 52.0 Å². The van der Waals surface area contributed by atoms with Crippen molar-refractivity contribution >= 4 is 0 Å². The highest BCUT2D eigenvalue weighted by Gasteiger charge is 2.30. The van der Waals surface area contributed by atoms with Crippen molar-refractivity contribution in [2.24, 2.45) is 0 Å². The number of aromatic nitrogens is 3. The lowest BCUT2D eigenvalue weighted by molar-refractivity contribution is 0.285. The van der Waals surface area contributed by atoms with Crippen molar-refractivity contribution in [3.05, 3.63) is 42.0 Å². The molecule has 0 radical (unpaired) electrons. The van der Waals surface area contributed by atoms with Gasteiger partial charge in [0.25, 0.3) is 0 Å². The van der Waals surface area contributed by atoms with E-state index in [1.54, 1.807) is 13.4 Å². The van der Waals surface area contributed by atoms with Crippen molar-refractivity contribution in [3.8, 4) is 5.75 Å². The average molecular weight is 286 g/mol. The first-order chi connectivity index (χ1) is 10.3. The molecular formula is C16H22N4O. The molecule has 0 bridgehead atoms. The molecule has 1 aliphatic carbocycles. The molecule has 5 nitrogen and oxygen atoms in total. The van der Waals surface area contributed by atoms with Gasteiger partial charge in [0.2, 0.25) is 0 Å². The lowest BCUT2D eigenvalue weighted by atomic mass is 9.76. The lowest BCUT2D eigenvalue weighted by Crippen LogP contribution is -2.40. The summed E-state index contributed by atoms with van der Waals surface area (Å²) in [6, 6.07) is 8.98. The van der Waals surface area contributed by atoms with Gasteiger partial charge in [0.1, 0.15) is 17.9 Å². The summed E-state index contributed by atoms with van der Waals surface area (Å²) in [6.45, 7) is 3.82. The number of benzene rings is 1. The Hall–Kier alpha value is -1.88. The van der Waals surface area contributed by atoms with Gasteiger partial charge in [-0.05, 0) is 43.4 Å². The molecule has 1 heterocycles. The second kappa shape index (κ2) is 6.26. The molecule has 0 saturated heterocycles. The van der Waals surface area contributed by atoms with E-state index in [0.29, 0.717) is 12.0 Å². The van der Waals surface area contributed by atoms with Gasteiger partial charge in [0.05, 0.1) is 13.7 Å². The van der Waals surface area contributed by atoms with E-state index in [0.717, 1.165) is 24.7 Å². The first-order valence-corrected chi connectivity index (χ1v) is 7.54. The Balaban J connectivity index is 1.49. The normalized spacial score (nSPS) is 21.0. The van der Waals surface area contributed by atoms with Gasteiger partial charge in [0, 0.05) is 12.6 Å². The Morgan fingerprint density at radius 2 is 2.24 bits per heavy atom. The van der Waals surface area contributed by atoms with Crippen LogP contribution in [0.15, 0.2) is 30.6 Å². The summed E-state index contributed by atoms with van der Waals surface area (Å²) in [6.07, 6.45) is 4.14. The molecule has 1 aliphatic rings. The highest BCUT2D eigenvalue weighted by Crippen LogP contribution is 2.37. The summed E-state index contributed by atoms with van der Waals surface area (Å²) < 4.78 is 7.36. The molecule has 0 spiro atoms. The first kappa shape index (κ1) is 14.1. The zero-order valence-corrected chi connectivity index (χ0v) is 12.6. The lowest BCUT2D eigenvalue weighted by Gasteiger charge is -2.36. The summed E-state index contributed by atoms with van der Waals surface area (Å²) in [4.78, 5) is 0. The Morgan fingerprint density at radius 3 is 3.00 bits per heavy atom. The van der Waals surface area contributed by atoms with Gasteiger partial charge in [-0.15, -0.1) is 10.2 Å². The average Bonchev–Trinajstić information content (AvgIpc) is 2.93. The van der Waals surface area contributed by atoms with E-state index >= 15 is 0 Å². The van der Waals surface area contributed by atoms with Gasteiger partial charge in [-0.2, -0.15) is 0 Å². The fourth-order valence-corrected chi connectivity index (χ4v) is 2.87. The van der Waals surface area contributed by atoms with Crippen LogP contribution in [-0.4, -0.2) is 27.9 Å². The van der Waals surface area contributed by atoms with Crippen LogP contribution in [0.1, 0.15) is 37.1 Å². The summed E-state index contributed by atoms with van der Waals surface area (Å²) in [7, 11) is 1.72. The third-order valence-corrected chi connectivity index (χ3v) is 4.29. The van der Waals surface area contributed by atoms with Crippen LogP contribution in [-0.2, 0) is 13.1 Å². The minimum Gasteiger partial charge on any atom is -0.497 e. The summed E-state index contributed by atoms with van der Waals surface area (Å²) in [5.74, 6) is 2.60. The number of ether oxygens (including phenoxy) is 1. The van der Waals surface area contributed by atoms with Crippen molar-refractivity contribution in [1.82, 2.24) is 20.1 Å². The maximum Gasteiger partial charge on any atom is 0.146 e. The third-order valence-electron chi connectivity index (χ3n) is 4.29. The highest BCUT2D eigenvalue weighted by molar-refractivity contribution is 5.32. The molecule has 1 aromatic heterocycles. The molecule has 0 atom stereocenters. The van der Waals surface area contributed by atoms with Crippen molar-refractivity contribution in [2.75, 3.05) is 7.11 Å². The van der Waals surface area contributed by atoms with Gasteiger partial charge >= 0.3 is 0 Å². The van der Waals surface area contributed by atoms with E-state index in [2.05, 4.69) is 45.2 Å². The van der Waals surface area contributed by atoms with E-state index in [1.165, 1.54) is 18.4 Å². The SMILES string of the molecule is CCn1cnnc1CNC1CC(c2cccc(OC)c2)C1. The van der Waals surface area contributed by atoms with Gasteiger partial charge in [-0.25, -0.2) is 0 Å². The van der Waals surface area contributed by atoms with Crippen LogP contribution in [0.5, 0.6) is 5.75 Å². The second-order valence-corrected chi connectivity index (χ2v) is 5.56. The minimum absolute atomic E-state index is 0.572. The van der Waals surface area contributed by atoms with Crippen LogP contribution >= 0.6 is 0 Å². The Labute approximate surface area is 125 Å². The molecule has 5 heteroatoms. The Bertz CT molecular complexity index is 589. The molecule has 0 unspecified atom stereocenters. The number of nitrogens with one attached hydrogen (secondary N) is 1. The molecule has 21 heavy (non-hydrogen) atoms. The highest BCUT2D eigenvalue weighted by atomic mass is 16.5. The van der Waals surface area contributed by atoms with Gasteiger partial charge in [-0.3, -0.25) is 0 Å². The third kappa shape index (κ3) is 3.08. The molecule has 1 N–H and O–H groups in total. The fraction of sp³-hybridized carbons (Fsp3) is 0.500. The number of hydrogen-bond acceptors (Lipinski definition) is 4. The largest absolute Gasteiger partial charge is 0.497 e. The first-order valence-electron chi connectivity index (χ1n) is 7.54. The number of hydrogen-bond donors (Lipinski definition) is 1. The molecular weight excluding hydrogens is 264 g/mol. The molecule has 1 saturated carbocycles. The number of aryl methyl sites for hydroxylation is 1. The zero-order valence-electron chi connectivity index (χ0n) is 12.6. The molecule has 112 valence electrons. The predicted octanol–water partition coefficient (Wildman–Crippen LogP) is 2.34. The van der Waals surface area contributed by atoms with Crippen LogP contribution in [0.25, 0.3) is 0 Å². The van der Waals surface area contributed by atoms with Crippen LogP contribution < -0.4 is 10.1 Å². The molecule has 2 aromatic rings. The van der Waals surface area contributed by atoms with Crippen LogP contribution in [0, 0.1) is 0 Å². The van der Waals surface area contributed by atoms with Crippen molar-refractivity contribution in [1.29, 1.82) is 0 Å². The van der Waals surface area contributed by atoms with E-state index in [9.17, 15) is 0 Å². The summed E-state index contributed by atoms with van der Waals surface area (Å²) >= 11 is 0. The Morgan fingerprint density at radius 1 is 1.38 bits per heavy atom. The molecule has 0 amide bonds. The Kier molecular flexibility index (Phi) is 4.20. The zero-order chi connectivity index (χ0) is 14.7. The smallest absolute Gasteiger partial charge is 0.146 e. The number of rotatable bonds is 6. The van der Waals surface area contributed by atoms with Gasteiger partial charge in [0.15, 0.2) is 0 Å². The number of methoxy groups -OCH3 is 1. The molecule has 3 rings (SSSR count). The summed E-state index contributed by atoms with van der Waals surface area (Å²) in [5.41, 5.74) is 1.38.